The first-order valence-electron chi connectivity index (χ1n) is 3.96. The van der Waals surface area contributed by atoms with E-state index in [1.165, 1.54) is 6.92 Å². The molecule has 0 spiro atoms. The van der Waals surface area contributed by atoms with Gasteiger partial charge in [-0.05, 0) is 0 Å². The number of carboxylic acids is 1. The van der Waals surface area contributed by atoms with Crippen molar-refractivity contribution in [3.05, 3.63) is 0 Å². The summed E-state index contributed by atoms with van der Waals surface area (Å²) in [6, 6.07) is 0. The van der Waals surface area contributed by atoms with E-state index < -0.39 is 39.6 Å². The second-order valence-electron chi connectivity index (χ2n) is 3.37. The molecule has 1 N–H and O–H groups in total. The van der Waals surface area contributed by atoms with Crippen molar-refractivity contribution in [1.29, 1.82) is 0 Å². The van der Waals surface area contributed by atoms with Crippen molar-refractivity contribution in [1.82, 2.24) is 4.90 Å². The van der Waals surface area contributed by atoms with E-state index in [2.05, 4.69) is 0 Å². The van der Waals surface area contributed by atoms with Gasteiger partial charge in [0.25, 0.3) is 0 Å². The van der Waals surface area contributed by atoms with Crippen LogP contribution in [-0.4, -0.2) is 48.5 Å². The predicted molar refractivity (Wildman–Crippen MR) is 47.1 cm³/mol. The van der Waals surface area contributed by atoms with Gasteiger partial charge in [0.1, 0.15) is 11.9 Å². The molecule has 1 aliphatic heterocycles. The molecule has 1 fully saturated rings. The van der Waals surface area contributed by atoms with Gasteiger partial charge < -0.3 is 10.0 Å². The maximum absolute atomic E-state index is 11.2. The van der Waals surface area contributed by atoms with Gasteiger partial charge in [0.2, 0.25) is 5.91 Å². The Morgan fingerprint density at radius 1 is 1.57 bits per heavy atom. The Hall–Kier alpha value is -1.11. The molecular weight excluding hydrogens is 210 g/mol. The largest absolute Gasteiger partial charge is 0.480 e. The number of hydrogen-bond acceptors (Lipinski definition) is 4. The van der Waals surface area contributed by atoms with Gasteiger partial charge in [-0.15, -0.1) is 0 Å². The summed E-state index contributed by atoms with van der Waals surface area (Å²) in [6.45, 7) is 0.924. The molecule has 6 nitrogen and oxygen atoms in total. The molecule has 14 heavy (non-hydrogen) atoms. The van der Waals surface area contributed by atoms with E-state index in [9.17, 15) is 18.0 Å². The number of hydrogen-bond donors (Lipinski definition) is 1. The molecule has 0 aliphatic carbocycles. The Labute approximate surface area is 81.4 Å². The maximum Gasteiger partial charge on any atom is 0.323 e. The molecule has 0 saturated carbocycles. The summed E-state index contributed by atoms with van der Waals surface area (Å²) in [7, 11) is -3.40. The average molecular weight is 221 g/mol. The number of aliphatic carboxylic acids is 1. The minimum Gasteiger partial charge on any atom is -0.480 e. The lowest BCUT2D eigenvalue weighted by atomic mass is 10.0. The smallest absolute Gasteiger partial charge is 0.323 e. The summed E-state index contributed by atoms with van der Waals surface area (Å²) in [6.07, 6.45) is 0.995. The highest BCUT2D eigenvalue weighted by Crippen LogP contribution is 2.29. The summed E-state index contributed by atoms with van der Waals surface area (Å²) >= 11 is 0. The molecule has 0 bridgehead atoms. The van der Waals surface area contributed by atoms with Crippen molar-refractivity contribution in [3.63, 3.8) is 0 Å². The topological polar surface area (TPSA) is 91.8 Å². The Kier molecular flexibility index (Phi) is 2.53. The molecule has 0 aromatic carbocycles. The Bertz CT molecular complexity index is 374. The van der Waals surface area contributed by atoms with Crippen LogP contribution in [0.5, 0.6) is 0 Å². The number of carbonyl (C=O) groups excluding carboxylic acids is 1. The van der Waals surface area contributed by atoms with Gasteiger partial charge in [-0.2, -0.15) is 0 Å². The summed E-state index contributed by atoms with van der Waals surface area (Å²) in [4.78, 5) is 22.4. The van der Waals surface area contributed by atoms with Crippen molar-refractivity contribution in [3.8, 4) is 0 Å². The predicted octanol–water partition coefficient (Wildman–Crippen LogP) is -1.08. The van der Waals surface area contributed by atoms with Gasteiger partial charge in [0, 0.05) is 6.26 Å². The molecule has 1 aliphatic rings. The Morgan fingerprint density at radius 2 is 2.07 bits per heavy atom. The van der Waals surface area contributed by atoms with Crippen LogP contribution in [0.3, 0.4) is 0 Å². The quantitative estimate of drug-likeness (QED) is 0.612. The van der Waals surface area contributed by atoms with Crippen LogP contribution < -0.4 is 0 Å². The number of carbonyl (C=O) groups is 2. The molecule has 0 aromatic rings. The summed E-state index contributed by atoms with van der Waals surface area (Å²) in [5.74, 6) is -2.27. The van der Waals surface area contributed by atoms with Gasteiger partial charge >= 0.3 is 5.97 Å². The van der Waals surface area contributed by atoms with E-state index in [0.717, 1.165) is 11.2 Å². The fraction of sp³-hybridized carbons (Fsp3) is 0.714. The van der Waals surface area contributed by atoms with Gasteiger partial charge in [-0.1, -0.05) is 6.92 Å². The molecule has 80 valence electrons. The first-order chi connectivity index (χ1) is 6.25. The zero-order valence-corrected chi connectivity index (χ0v) is 8.61. The number of nitrogens with zero attached hydrogens (tertiary/aromatic N) is 1. The normalized spacial score (nSPS) is 27.3. The minimum absolute atomic E-state index is 0.428. The molecule has 1 amide bonds. The number of β-lactam (4-membered cyclic amide) rings is 1. The van der Waals surface area contributed by atoms with Crippen LogP contribution in [0, 0.1) is 5.92 Å². The molecule has 0 radical (unpaired) electrons. The number of amides is 1. The minimum atomic E-state index is -3.40. The van der Waals surface area contributed by atoms with Crippen molar-refractivity contribution in [2.24, 2.45) is 5.92 Å². The highest BCUT2D eigenvalue weighted by molar-refractivity contribution is 7.91. The Morgan fingerprint density at radius 3 is 2.43 bits per heavy atom. The average Bonchev–Trinajstić information content (AvgIpc) is 1.99. The monoisotopic (exact) mass is 221 g/mol. The second kappa shape index (κ2) is 3.23. The molecule has 1 heterocycles. The third-order valence-corrected chi connectivity index (χ3v) is 3.69. The maximum atomic E-state index is 11.2. The number of rotatable bonds is 3. The van der Waals surface area contributed by atoms with Crippen molar-refractivity contribution in [2.45, 2.75) is 12.3 Å². The van der Waals surface area contributed by atoms with E-state index in [0.29, 0.717) is 0 Å². The van der Waals surface area contributed by atoms with Crippen LogP contribution in [0.4, 0.5) is 0 Å². The van der Waals surface area contributed by atoms with Gasteiger partial charge in [0.05, 0.1) is 5.92 Å². The van der Waals surface area contributed by atoms with Gasteiger partial charge in [-0.3, -0.25) is 9.59 Å². The first kappa shape index (κ1) is 11.0. The number of sulfone groups is 1. The Balaban J connectivity index is 2.86. The van der Waals surface area contributed by atoms with Crippen molar-refractivity contribution in [2.75, 3.05) is 12.8 Å². The third kappa shape index (κ3) is 1.72. The molecule has 7 heteroatoms. The SMILES string of the molecule is CC1C(=O)N(CC(=O)O)C1S(C)(=O)=O. The van der Waals surface area contributed by atoms with Crippen LogP contribution in [0.25, 0.3) is 0 Å². The van der Waals surface area contributed by atoms with Crippen LogP contribution >= 0.6 is 0 Å². The van der Waals surface area contributed by atoms with Crippen molar-refractivity contribution < 1.29 is 23.1 Å². The van der Waals surface area contributed by atoms with Gasteiger partial charge in [0.15, 0.2) is 9.84 Å². The zero-order valence-electron chi connectivity index (χ0n) is 7.80. The second-order valence-corrected chi connectivity index (χ2v) is 5.51. The van der Waals surface area contributed by atoms with Gasteiger partial charge in [-0.25, -0.2) is 8.42 Å². The highest BCUT2D eigenvalue weighted by atomic mass is 32.2. The lowest BCUT2D eigenvalue weighted by molar-refractivity contribution is -0.156. The molecule has 2 atom stereocenters. The lowest BCUT2D eigenvalue weighted by Gasteiger charge is -2.43. The summed E-state index contributed by atoms with van der Waals surface area (Å²) in [5.41, 5.74) is 0. The van der Waals surface area contributed by atoms with Crippen LogP contribution in [0.1, 0.15) is 6.92 Å². The highest BCUT2D eigenvalue weighted by Gasteiger charge is 2.50. The van der Waals surface area contributed by atoms with E-state index in [-0.39, 0.29) is 0 Å². The van der Waals surface area contributed by atoms with Crippen LogP contribution in [0.2, 0.25) is 0 Å². The fourth-order valence-electron chi connectivity index (χ4n) is 1.61. The molecule has 1 rings (SSSR count). The van der Waals surface area contributed by atoms with Crippen LogP contribution in [-0.2, 0) is 19.4 Å². The molecule has 1 saturated heterocycles. The summed E-state index contributed by atoms with van der Waals surface area (Å²) < 4.78 is 22.3. The third-order valence-electron chi connectivity index (χ3n) is 2.15. The standard InChI is InChI=1S/C7H11NO5S/c1-4-6(11)8(3-5(9)10)7(4)14(2,12)13/h4,7H,3H2,1-2H3,(H,9,10). The zero-order chi connectivity index (χ0) is 11.1. The van der Waals surface area contributed by atoms with E-state index >= 15 is 0 Å². The summed E-state index contributed by atoms with van der Waals surface area (Å²) in [5, 5.41) is 7.47. The number of likely N-dealkylation sites (tertiary alicyclic amines) is 1. The van der Waals surface area contributed by atoms with E-state index in [1.54, 1.807) is 0 Å². The first-order valence-corrected chi connectivity index (χ1v) is 5.91. The molecular formula is C7H11NO5S. The van der Waals surface area contributed by atoms with Crippen LogP contribution in [0.15, 0.2) is 0 Å². The molecule has 0 aromatic heterocycles. The number of carboxylic acid groups (broad SMARTS) is 1. The van der Waals surface area contributed by atoms with E-state index in [4.69, 9.17) is 5.11 Å². The lowest BCUT2D eigenvalue weighted by Crippen LogP contribution is -2.63. The fourth-order valence-corrected chi connectivity index (χ4v) is 3.11. The van der Waals surface area contributed by atoms with E-state index in [1.807, 2.05) is 0 Å². The van der Waals surface area contributed by atoms with Crippen molar-refractivity contribution >= 4 is 21.7 Å². The molecule has 2 unspecified atom stereocenters.